The van der Waals surface area contributed by atoms with E-state index in [1.165, 1.54) is 6.07 Å². The topological polar surface area (TPSA) is 38.3 Å². The monoisotopic (exact) mass is 429 g/mol. The Morgan fingerprint density at radius 2 is 1.68 bits per heavy atom. The lowest BCUT2D eigenvalue weighted by molar-refractivity contribution is -0.135. The van der Waals surface area contributed by atoms with E-state index < -0.39 is 29.5 Å². The molecule has 0 saturated carbocycles. The van der Waals surface area contributed by atoms with Gasteiger partial charge in [0.15, 0.2) is 0 Å². The fourth-order valence-electron chi connectivity index (χ4n) is 3.92. The fraction of sp³-hybridized carbons (Fsp3) is 0.208. The van der Waals surface area contributed by atoms with Crippen molar-refractivity contribution in [3.8, 4) is 11.1 Å². The molecular formula is C24H19F4NO2. The van der Waals surface area contributed by atoms with Crippen molar-refractivity contribution in [2.45, 2.75) is 24.3 Å². The van der Waals surface area contributed by atoms with Crippen LogP contribution in [0.2, 0.25) is 0 Å². The van der Waals surface area contributed by atoms with Crippen LogP contribution in [-0.4, -0.2) is 19.1 Å². The minimum absolute atomic E-state index is 0.0227. The van der Waals surface area contributed by atoms with Crippen molar-refractivity contribution < 1.29 is 27.1 Å². The van der Waals surface area contributed by atoms with E-state index in [2.05, 4.69) is 5.32 Å². The Labute approximate surface area is 176 Å². The van der Waals surface area contributed by atoms with Crippen LogP contribution in [0.4, 0.5) is 22.4 Å². The summed E-state index contributed by atoms with van der Waals surface area (Å²) in [6.45, 7) is -0.0227. The second-order valence-corrected chi connectivity index (χ2v) is 7.50. The lowest BCUT2D eigenvalue weighted by Crippen LogP contribution is -2.43. The standard InChI is InChI=1S/C24H19F4NO2/c25-21(26)24(27,28)18-10-6-7-16(13-18)14-23(15-31-22(30)29-23)20-12-5-4-11-19(20)17-8-2-1-3-9-17/h1-13,21H,14-15H2,(H,29,30). The van der Waals surface area contributed by atoms with E-state index >= 15 is 0 Å². The predicted molar refractivity (Wildman–Crippen MR) is 108 cm³/mol. The lowest BCUT2D eigenvalue weighted by Gasteiger charge is -2.30. The Balaban J connectivity index is 1.78. The largest absolute Gasteiger partial charge is 0.447 e. The zero-order valence-corrected chi connectivity index (χ0v) is 16.3. The van der Waals surface area contributed by atoms with E-state index in [9.17, 15) is 22.4 Å². The molecule has 0 aromatic heterocycles. The molecular weight excluding hydrogens is 410 g/mol. The summed E-state index contributed by atoms with van der Waals surface area (Å²) in [6.07, 6.45) is -4.35. The molecule has 1 amide bonds. The quantitative estimate of drug-likeness (QED) is 0.497. The molecule has 3 aromatic rings. The summed E-state index contributed by atoms with van der Waals surface area (Å²) in [7, 11) is 0. The van der Waals surface area contributed by atoms with Crippen molar-refractivity contribution in [3.05, 3.63) is 95.6 Å². The number of alkyl halides is 4. The molecule has 7 heteroatoms. The van der Waals surface area contributed by atoms with Gasteiger partial charge in [0.1, 0.15) is 12.1 Å². The molecule has 0 bridgehead atoms. The third kappa shape index (κ3) is 4.00. The molecule has 1 saturated heterocycles. The van der Waals surface area contributed by atoms with Crippen LogP contribution < -0.4 is 5.32 Å². The van der Waals surface area contributed by atoms with Crippen LogP contribution in [-0.2, 0) is 22.6 Å². The molecule has 1 aliphatic rings. The first kappa shape index (κ1) is 20.9. The molecule has 0 spiro atoms. The highest BCUT2D eigenvalue weighted by atomic mass is 19.3. The van der Waals surface area contributed by atoms with E-state index in [4.69, 9.17) is 4.74 Å². The molecule has 160 valence electrons. The molecule has 1 aliphatic heterocycles. The van der Waals surface area contributed by atoms with Gasteiger partial charge in [0.2, 0.25) is 0 Å². The number of cyclic esters (lactones) is 1. The number of carbonyl (C=O) groups excluding carboxylic acids is 1. The van der Waals surface area contributed by atoms with Crippen LogP contribution in [0, 0.1) is 0 Å². The van der Waals surface area contributed by atoms with Gasteiger partial charge in [0.05, 0.1) is 0 Å². The molecule has 0 aliphatic carbocycles. The molecule has 31 heavy (non-hydrogen) atoms. The molecule has 1 unspecified atom stereocenters. The lowest BCUT2D eigenvalue weighted by atomic mass is 9.80. The Morgan fingerprint density at radius 1 is 0.968 bits per heavy atom. The summed E-state index contributed by atoms with van der Waals surface area (Å²) in [6, 6.07) is 21.9. The first-order chi connectivity index (χ1) is 14.8. The van der Waals surface area contributed by atoms with Gasteiger partial charge in [-0.05, 0) is 28.3 Å². The smallest absolute Gasteiger partial charge is 0.408 e. The molecule has 1 fully saturated rings. The third-order valence-electron chi connectivity index (χ3n) is 5.41. The Hall–Kier alpha value is -3.35. The SMILES string of the molecule is O=C1NC(Cc2cccc(C(F)(F)C(F)F)c2)(c2ccccc2-c2ccccc2)CO1. The summed E-state index contributed by atoms with van der Waals surface area (Å²) in [5.74, 6) is -4.26. The highest BCUT2D eigenvalue weighted by Gasteiger charge is 2.45. The Bertz CT molecular complexity index is 1090. The summed E-state index contributed by atoms with van der Waals surface area (Å²) < 4.78 is 58.7. The zero-order chi connectivity index (χ0) is 22.1. The average molecular weight is 429 g/mol. The average Bonchev–Trinajstić information content (AvgIpc) is 3.15. The van der Waals surface area contributed by atoms with E-state index in [-0.39, 0.29) is 13.0 Å². The van der Waals surface area contributed by atoms with Gasteiger partial charge < -0.3 is 10.1 Å². The number of carbonyl (C=O) groups is 1. The number of hydrogen-bond acceptors (Lipinski definition) is 2. The second-order valence-electron chi connectivity index (χ2n) is 7.50. The van der Waals surface area contributed by atoms with Crippen LogP contribution in [0.25, 0.3) is 11.1 Å². The van der Waals surface area contributed by atoms with Crippen molar-refractivity contribution in [2.24, 2.45) is 0 Å². The number of ether oxygens (including phenoxy) is 1. The molecule has 4 rings (SSSR count). The number of nitrogens with one attached hydrogen (secondary N) is 1. The molecule has 3 nitrogen and oxygen atoms in total. The van der Waals surface area contributed by atoms with Gasteiger partial charge in [-0.3, -0.25) is 0 Å². The van der Waals surface area contributed by atoms with E-state index in [1.54, 1.807) is 6.07 Å². The van der Waals surface area contributed by atoms with Gasteiger partial charge in [-0.1, -0.05) is 72.8 Å². The normalized spacial score (nSPS) is 18.7. The first-order valence-corrected chi connectivity index (χ1v) is 9.67. The van der Waals surface area contributed by atoms with Crippen molar-refractivity contribution >= 4 is 6.09 Å². The third-order valence-corrected chi connectivity index (χ3v) is 5.41. The minimum atomic E-state index is -4.26. The van der Waals surface area contributed by atoms with Gasteiger partial charge in [-0.15, -0.1) is 0 Å². The number of hydrogen-bond donors (Lipinski definition) is 1. The zero-order valence-electron chi connectivity index (χ0n) is 16.3. The fourth-order valence-corrected chi connectivity index (χ4v) is 3.92. The van der Waals surface area contributed by atoms with E-state index in [0.29, 0.717) is 5.56 Å². The number of amides is 1. The maximum Gasteiger partial charge on any atom is 0.408 e. The number of alkyl carbamates (subject to hydrolysis) is 1. The Morgan fingerprint density at radius 3 is 2.35 bits per heavy atom. The van der Waals surface area contributed by atoms with Gasteiger partial charge in [-0.25, -0.2) is 13.6 Å². The van der Waals surface area contributed by atoms with Crippen LogP contribution >= 0.6 is 0 Å². The number of benzene rings is 3. The highest BCUT2D eigenvalue weighted by molar-refractivity contribution is 5.75. The van der Waals surface area contributed by atoms with Crippen molar-refractivity contribution in [2.75, 3.05) is 6.61 Å². The van der Waals surface area contributed by atoms with Gasteiger partial charge in [-0.2, -0.15) is 8.78 Å². The molecule has 3 aromatic carbocycles. The number of rotatable bonds is 6. The summed E-state index contributed by atoms with van der Waals surface area (Å²) in [4.78, 5) is 12.0. The van der Waals surface area contributed by atoms with Crippen molar-refractivity contribution in [1.82, 2.24) is 5.32 Å². The molecule has 0 radical (unpaired) electrons. The van der Waals surface area contributed by atoms with Gasteiger partial charge in [0.25, 0.3) is 0 Å². The summed E-state index contributed by atoms with van der Waals surface area (Å²) >= 11 is 0. The second kappa shape index (κ2) is 8.06. The maximum absolute atomic E-state index is 13.9. The summed E-state index contributed by atoms with van der Waals surface area (Å²) in [5.41, 5.74) is 1.09. The number of halogens is 4. The minimum Gasteiger partial charge on any atom is -0.447 e. The van der Waals surface area contributed by atoms with Crippen LogP contribution in [0.3, 0.4) is 0 Å². The van der Waals surface area contributed by atoms with Crippen molar-refractivity contribution in [1.29, 1.82) is 0 Å². The van der Waals surface area contributed by atoms with E-state index in [1.807, 2.05) is 54.6 Å². The highest BCUT2D eigenvalue weighted by Crippen LogP contribution is 2.39. The van der Waals surface area contributed by atoms with Crippen LogP contribution in [0.1, 0.15) is 16.7 Å². The first-order valence-electron chi connectivity index (χ1n) is 9.67. The predicted octanol–water partition coefficient (Wildman–Crippen LogP) is 5.89. The van der Waals surface area contributed by atoms with Crippen molar-refractivity contribution in [3.63, 3.8) is 0 Å². The molecule has 1 atom stereocenters. The Kier molecular flexibility index (Phi) is 5.43. The van der Waals surface area contributed by atoms with Crippen LogP contribution in [0.5, 0.6) is 0 Å². The van der Waals surface area contributed by atoms with Crippen LogP contribution in [0.15, 0.2) is 78.9 Å². The van der Waals surface area contributed by atoms with Gasteiger partial charge in [0, 0.05) is 12.0 Å². The van der Waals surface area contributed by atoms with Gasteiger partial charge >= 0.3 is 18.4 Å². The maximum atomic E-state index is 13.9. The summed E-state index contributed by atoms with van der Waals surface area (Å²) in [5, 5.41) is 2.83. The van der Waals surface area contributed by atoms with E-state index in [0.717, 1.165) is 28.8 Å². The molecule has 1 heterocycles. The molecule has 1 N–H and O–H groups in total.